The van der Waals surface area contributed by atoms with Crippen LogP contribution in [0.5, 0.6) is 0 Å². The van der Waals surface area contributed by atoms with Crippen molar-refractivity contribution in [1.82, 2.24) is 10.2 Å². The number of likely N-dealkylation sites (tertiary alicyclic amines) is 1. The van der Waals surface area contributed by atoms with E-state index in [2.05, 4.69) is 24.1 Å². The van der Waals surface area contributed by atoms with Gasteiger partial charge in [0.25, 0.3) is 0 Å². The number of hydrogen-bond acceptors (Lipinski definition) is 2. The van der Waals surface area contributed by atoms with Crippen LogP contribution in [0.1, 0.15) is 52.4 Å². The van der Waals surface area contributed by atoms with Gasteiger partial charge in [-0.25, -0.2) is 0 Å². The first-order chi connectivity index (χ1) is 9.82. The molecule has 5 heteroatoms. The van der Waals surface area contributed by atoms with E-state index < -0.39 is 12.1 Å². The standard InChI is InChI=1S/C16H29F3N2/c1-3-8-15(2,11-20-14-4-5-14)12-21-9-6-13(7-10-21)16(17,18)19/h13-14,20H,3-12H2,1-2H3. The summed E-state index contributed by atoms with van der Waals surface area (Å²) in [5, 5.41) is 3.60. The zero-order valence-electron chi connectivity index (χ0n) is 13.3. The molecule has 0 spiro atoms. The summed E-state index contributed by atoms with van der Waals surface area (Å²) in [5.41, 5.74) is 0.183. The van der Waals surface area contributed by atoms with E-state index in [0.717, 1.165) is 25.9 Å². The Morgan fingerprint density at radius 3 is 2.19 bits per heavy atom. The molecule has 1 heterocycles. The molecule has 1 saturated carbocycles. The normalized spacial score (nSPS) is 25.0. The first-order valence-corrected chi connectivity index (χ1v) is 8.35. The van der Waals surface area contributed by atoms with Crippen molar-refractivity contribution >= 4 is 0 Å². The summed E-state index contributed by atoms with van der Waals surface area (Å²) in [6.45, 7) is 7.56. The Bertz CT molecular complexity index is 320. The lowest BCUT2D eigenvalue weighted by Gasteiger charge is -2.39. The number of halogens is 3. The highest BCUT2D eigenvalue weighted by Crippen LogP contribution is 2.35. The number of nitrogens with zero attached hydrogens (tertiary/aromatic N) is 1. The van der Waals surface area contributed by atoms with E-state index in [-0.39, 0.29) is 18.3 Å². The fraction of sp³-hybridized carbons (Fsp3) is 1.00. The van der Waals surface area contributed by atoms with Crippen molar-refractivity contribution in [3.63, 3.8) is 0 Å². The molecule has 124 valence electrons. The van der Waals surface area contributed by atoms with Gasteiger partial charge in [0.05, 0.1) is 5.92 Å². The van der Waals surface area contributed by atoms with E-state index in [9.17, 15) is 13.2 Å². The van der Waals surface area contributed by atoms with E-state index in [4.69, 9.17) is 0 Å². The van der Waals surface area contributed by atoms with Gasteiger partial charge in [-0.15, -0.1) is 0 Å². The monoisotopic (exact) mass is 306 g/mol. The van der Waals surface area contributed by atoms with Crippen LogP contribution in [-0.4, -0.2) is 43.3 Å². The van der Waals surface area contributed by atoms with Gasteiger partial charge in [0.1, 0.15) is 0 Å². The Morgan fingerprint density at radius 1 is 1.10 bits per heavy atom. The Morgan fingerprint density at radius 2 is 1.71 bits per heavy atom. The number of hydrogen-bond donors (Lipinski definition) is 1. The maximum Gasteiger partial charge on any atom is 0.391 e. The van der Waals surface area contributed by atoms with Gasteiger partial charge in [0.15, 0.2) is 0 Å². The summed E-state index contributed by atoms with van der Waals surface area (Å²) in [6, 6.07) is 0.692. The predicted molar refractivity (Wildman–Crippen MR) is 79.3 cm³/mol. The molecule has 0 amide bonds. The summed E-state index contributed by atoms with van der Waals surface area (Å²) in [5.74, 6) is -1.09. The van der Waals surface area contributed by atoms with Gasteiger partial charge in [-0.3, -0.25) is 0 Å². The van der Waals surface area contributed by atoms with E-state index in [1.807, 2.05) is 0 Å². The molecule has 0 aromatic carbocycles. The average molecular weight is 306 g/mol. The number of piperidine rings is 1. The topological polar surface area (TPSA) is 15.3 Å². The van der Waals surface area contributed by atoms with Crippen molar-refractivity contribution in [2.75, 3.05) is 26.2 Å². The SMILES string of the molecule is CCCC(C)(CNC1CC1)CN1CCC(C(F)(F)F)CC1. The second-order valence-corrected chi connectivity index (χ2v) is 7.31. The van der Waals surface area contributed by atoms with Gasteiger partial charge < -0.3 is 10.2 Å². The maximum absolute atomic E-state index is 12.7. The molecule has 0 radical (unpaired) electrons. The van der Waals surface area contributed by atoms with E-state index >= 15 is 0 Å². The van der Waals surface area contributed by atoms with Crippen molar-refractivity contribution in [2.24, 2.45) is 11.3 Å². The van der Waals surface area contributed by atoms with Crippen LogP contribution in [0.4, 0.5) is 13.2 Å². The zero-order valence-corrected chi connectivity index (χ0v) is 13.3. The van der Waals surface area contributed by atoms with Gasteiger partial charge in [0, 0.05) is 19.1 Å². The fourth-order valence-electron chi connectivity index (χ4n) is 3.46. The molecule has 2 nitrogen and oxygen atoms in total. The third-order valence-corrected chi connectivity index (χ3v) is 4.90. The molecule has 2 aliphatic rings. The summed E-state index contributed by atoms with van der Waals surface area (Å²) < 4.78 is 38.1. The second kappa shape index (κ2) is 6.86. The summed E-state index contributed by atoms with van der Waals surface area (Å²) in [7, 11) is 0. The Hall–Kier alpha value is -0.290. The highest BCUT2D eigenvalue weighted by Gasteiger charge is 2.41. The van der Waals surface area contributed by atoms with Gasteiger partial charge in [0.2, 0.25) is 0 Å². The first-order valence-electron chi connectivity index (χ1n) is 8.35. The third-order valence-electron chi connectivity index (χ3n) is 4.90. The molecule has 0 aromatic rings. The Balaban J connectivity index is 1.80. The quantitative estimate of drug-likeness (QED) is 0.769. The average Bonchev–Trinajstić information content (AvgIpc) is 3.20. The van der Waals surface area contributed by atoms with Crippen molar-refractivity contribution in [1.29, 1.82) is 0 Å². The lowest BCUT2D eigenvalue weighted by molar-refractivity contribution is -0.185. The molecule has 1 aliphatic carbocycles. The number of nitrogens with one attached hydrogen (secondary N) is 1. The minimum atomic E-state index is -4.01. The van der Waals surface area contributed by atoms with E-state index in [1.165, 1.54) is 12.8 Å². The minimum absolute atomic E-state index is 0.183. The molecule has 1 aliphatic heterocycles. The maximum atomic E-state index is 12.7. The summed E-state index contributed by atoms with van der Waals surface area (Å²) in [4.78, 5) is 2.24. The lowest BCUT2D eigenvalue weighted by atomic mass is 9.83. The highest BCUT2D eigenvalue weighted by molar-refractivity contribution is 4.88. The molecular weight excluding hydrogens is 277 g/mol. The predicted octanol–water partition coefficient (Wildman–Crippen LogP) is 3.82. The van der Waals surface area contributed by atoms with Crippen molar-refractivity contribution in [3.05, 3.63) is 0 Å². The molecular formula is C16H29F3N2. The van der Waals surface area contributed by atoms with Crippen molar-refractivity contribution < 1.29 is 13.2 Å². The molecule has 1 saturated heterocycles. The van der Waals surface area contributed by atoms with Gasteiger partial charge in [-0.2, -0.15) is 13.2 Å². The Kier molecular flexibility index (Phi) is 5.58. The molecule has 0 aromatic heterocycles. The lowest BCUT2D eigenvalue weighted by Crippen LogP contribution is -2.47. The van der Waals surface area contributed by atoms with E-state index in [1.54, 1.807) is 0 Å². The summed E-state index contributed by atoms with van der Waals surface area (Å²) in [6.07, 6.45) is 1.34. The smallest absolute Gasteiger partial charge is 0.313 e. The van der Waals surface area contributed by atoms with Gasteiger partial charge >= 0.3 is 6.18 Å². The number of alkyl halides is 3. The zero-order chi connectivity index (χ0) is 15.5. The Labute approximate surface area is 126 Å². The fourth-order valence-corrected chi connectivity index (χ4v) is 3.46. The van der Waals surface area contributed by atoms with Crippen LogP contribution >= 0.6 is 0 Å². The van der Waals surface area contributed by atoms with Crippen LogP contribution in [0.2, 0.25) is 0 Å². The van der Waals surface area contributed by atoms with Crippen LogP contribution in [0.3, 0.4) is 0 Å². The molecule has 1 atom stereocenters. The largest absolute Gasteiger partial charge is 0.391 e. The third kappa shape index (κ3) is 5.44. The molecule has 2 fully saturated rings. The minimum Gasteiger partial charge on any atom is -0.313 e. The number of rotatable bonds is 7. The molecule has 21 heavy (non-hydrogen) atoms. The molecule has 2 rings (SSSR count). The molecule has 1 unspecified atom stereocenters. The summed E-state index contributed by atoms with van der Waals surface area (Å²) >= 11 is 0. The van der Waals surface area contributed by atoms with Crippen molar-refractivity contribution in [2.45, 2.75) is 64.6 Å². The van der Waals surface area contributed by atoms with Crippen LogP contribution in [-0.2, 0) is 0 Å². The molecule has 1 N–H and O–H groups in total. The van der Waals surface area contributed by atoms with Crippen LogP contribution in [0.15, 0.2) is 0 Å². The van der Waals surface area contributed by atoms with Crippen molar-refractivity contribution in [3.8, 4) is 0 Å². The highest BCUT2D eigenvalue weighted by atomic mass is 19.4. The van der Waals surface area contributed by atoms with Gasteiger partial charge in [-0.1, -0.05) is 20.3 Å². The van der Waals surface area contributed by atoms with Gasteiger partial charge in [-0.05, 0) is 50.6 Å². The second-order valence-electron chi connectivity index (χ2n) is 7.31. The van der Waals surface area contributed by atoms with Crippen LogP contribution in [0.25, 0.3) is 0 Å². The van der Waals surface area contributed by atoms with Crippen LogP contribution in [0, 0.1) is 11.3 Å². The van der Waals surface area contributed by atoms with E-state index in [0.29, 0.717) is 19.1 Å². The van der Waals surface area contributed by atoms with Crippen LogP contribution < -0.4 is 5.32 Å². The first kappa shape index (κ1) is 17.1. The molecule has 0 bridgehead atoms.